The van der Waals surface area contributed by atoms with Crippen LogP contribution < -0.4 is 10.6 Å². The zero-order chi connectivity index (χ0) is 9.68. The van der Waals surface area contributed by atoms with E-state index in [1.807, 2.05) is 0 Å². The molecule has 76 valence electrons. The van der Waals surface area contributed by atoms with Gasteiger partial charge in [0.1, 0.15) is 0 Å². The second-order valence-corrected chi connectivity index (χ2v) is 4.32. The fraction of sp³-hybridized carbons (Fsp3) is 0.875. The molecular weight excluding hydrogens is 188 g/mol. The first kappa shape index (κ1) is 10.8. The monoisotopic (exact) mass is 204 g/mol. The van der Waals surface area contributed by atoms with E-state index in [0.717, 1.165) is 18.1 Å². The van der Waals surface area contributed by atoms with Crippen LogP contribution in [0.3, 0.4) is 0 Å². The third-order valence-corrected chi connectivity index (χ3v) is 2.96. The van der Waals surface area contributed by atoms with Crippen molar-refractivity contribution in [2.24, 2.45) is 0 Å². The maximum absolute atomic E-state index is 11.5. The zero-order valence-electron chi connectivity index (χ0n) is 7.75. The van der Waals surface area contributed by atoms with E-state index in [1.165, 1.54) is 0 Å². The van der Waals surface area contributed by atoms with Crippen LogP contribution in [0.5, 0.6) is 0 Å². The minimum atomic E-state index is -0.152. The second-order valence-electron chi connectivity index (χ2n) is 3.17. The molecule has 0 radical (unpaired) electrons. The fourth-order valence-corrected chi connectivity index (χ4v) is 2.06. The van der Waals surface area contributed by atoms with Crippen LogP contribution in [0, 0.1) is 0 Å². The Kier molecular flexibility index (Phi) is 4.55. The van der Waals surface area contributed by atoms with Crippen molar-refractivity contribution in [3.63, 3.8) is 0 Å². The highest BCUT2D eigenvalue weighted by molar-refractivity contribution is 7.99. The Morgan fingerprint density at radius 3 is 3.15 bits per heavy atom. The largest absolute Gasteiger partial charge is 0.394 e. The lowest BCUT2D eigenvalue weighted by molar-refractivity contribution is -0.123. The summed E-state index contributed by atoms with van der Waals surface area (Å²) in [5.74, 6) is 1.89. The minimum absolute atomic E-state index is 0.00579. The van der Waals surface area contributed by atoms with Crippen molar-refractivity contribution in [2.45, 2.75) is 19.0 Å². The summed E-state index contributed by atoms with van der Waals surface area (Å²) in [4.78, 5) is 11.5. The summed E-state index contributed by atoms with van der Waals surface area (Å²) >= 11 is 1.78. The van der Waals surface area contributed by atoms with Gasteiger partial charge in [-0.2, -0.15) is 11.8 Å². The number of amides is 1. The van der Waals surface area contributed by atoms with Gasteiger partial charge in [0.2, 0.25) is 5.91 Å². The summed E-state index contributed by atoms with van der Waals surface area (Å²) in [6.45, 7) is 2.66. The highest BCUT2D eigenvalue weighted by Gasteiger charge is 2.21. The van der Waals surface area contributed by atoms with Crippen molar-refractivity contribution in [2.75, 3.05) is 24.7 Å². The summed E-state index contributed by atoms with van der Waals surface area (Å²) in [6.07, 6.45) is 0. The van der Waals surface area contributed by atoms with Gasteiger partial charge >= 0.3 is 0 Å². The molecule has 1 aliphatic rings. The number of aliphatic hydroxyl groups is 1. The Hall–Kier alpha value is -0.260. The van der Waals surface area contributed by atoms with Crippen molar-refractivity contribution < 1.29 is 9.90 Å². The number of hydrogen-bond donors (Lipinski definition) is 3. The number of nitrogens with one attached hydrogen (secondary N) is 2. The van der Waals surface area contributed by atoms with Gasteiger partial charge in [0.15, 0.2) is 0 Å². The van der Waals surface area contributed by atoms with Crippen LogP contribution in [-0.4, -0.2) is 47.8 Å². The van der Waals surface area contributed by atoms with Crippen LogP contribution in [0.2, 0.25) is 0 Å². The van der Waals surface area contributed by atoms with Gasteiger partial charge in [0.25, 0.3) is 0 Å². The SMILES string of the molecule is CC(CO)NC(=O)C1CSCCN1. The lowest BCUT2D eigenvalue weighted by atomic mass is 10.2. The van der Waals surface area contributed by atoms with Crippen LogP contribution >= 0.6 is 11.8 Å². The van der Waals surface area contributed by atoms with Gasteiger partial charge in [-0.1, -0.05) is 0 Å². The topological polar surface area (TPSA) is 61.4 Å². The van der Waals surface area contributed by atoms with Crippen molar-refractivity contribution in [1.82, 2.24) is 10.6 Å². The molecule has 0 saturated carbocycles. The maximum atomic E-state index is 11.5. The van der Waals surface area contributed by atoms with Crippen molar-refractivity contribution in [1.29, 1.82) is 0 Å². The van der Waals surface area contributed by atoms with Gasteiger partial charge < -0.3 is 15.7 Å². The van der Waals surface area contributed by atoms with E-state index in [4.69, 9.17) is 5.11 Å². The molecule has 3 N–H and O–H groups in total. The first-order valence-corrected chi connectivity index (χ1v) is 5.62. The molecule has 0 aliphatic carbocycles. The molecule has 5 heteroatoms. The molecule has 1 aliphatic heterocycles. The van der Waals surface area contributed by atoms with Gasteiger partial charge in [-0.25, -0.2) is 0 Å². The number of hydrogen-bond acceptors (Lipinski definition) is 4. The standard InChI is InChI=1S/C8H16N2O2S/c1-6(4-11)10-8(12)7-5-13-3-2-9-7/h6-7,9,11H,2-5H2,1H3,(H,10,12). The molecule has 0 spiro atoms. The summed E-state index contributed by atoms with van der Waals surface area (Å²) in [5, 5.41) is 14.6. The van der Waals surface area contributed by atoms with Crippen molar-refractivity contribution in [3.8, 4) is 0 Å². The molecule has 2 unspecified atom stereocenters. The Balaban J connectivity index is 2.29. The van der Waals surface area contributed by atoms with E-state index in [0.29, 0.717) is 0 Å². The predicted octanol–water partition coefficient (Wildman–Crippen LogP) is -0.812. The van der Waals surface area contributed by atoms with Gasteiger partial charge in [0, 0.05) is 24.1 Å². The van der Waals surface area contributed by atoms with E-state index in [2.05, 4.69) is 10.6 Å². The molecule has 1 rings (SSSR count). The molecule has 1 amide bonds. The average molecular weight is 204 g/mol. The quantitative estimate of drug-likeness (QED) is 0.562. The number of carbonyl (C=O) groups is 1. The highest BCUT2D eigenvalue weighted by Crippen LogP contribution is 2.07. The molecule has 0 aromatic heterocycles. The van der Waals surface area contributed by atoms with E-state index in [-0.39, 0.29) is 24.6 Å². The Morgan fingerprint density at radius 1 is 1.85 bits per heavy atom. The summed E-state index contributed by atoms with van der Waals surface area (Å²) in [7, 11) is 0. The number of aliphatic hydroxyl groups excluding tert-OH is 1. The molecule has 0 aromatic carbocycles. The minimum Gasteiger partial charge on any atom is -0.394 e. The molecule has 0 bridgehead atoms. The number of thioether (sulfide) groups is 1. The van der Waals surface area contributed by atoms with Gasteiger partial charge in [-0.3, -0.25) is 4.79 Å². The molecule has 2 atom stereocenters. The van der Waals surface area contributed by atoms with Crippen molar-refractivity contribution >= 4 is 17.7 Å². The summed E-state index contributed by atoms with van der Waals surface area (Å²) < 4.78 is 0. The van der Waals surface area contributed by atoms with Gasteiger partial charge in [-0.15, -0.1) is 0 Å². The number of carbonyl (C=O) groups excluding carboxylic acids is 1. The maximum Gasteiger partial charge on any atom is 0.238 e. The lowest BCUT2D eigenvalue weighted by Crippen LogP contribution is -2.51. The second kappa shape index (κ2) is 5.47. The lowest BCUT2D eigenvalue weighted by Gasteiger charge is -2.23. The van der Waals surface area contributed by atoms with Crippen LogP contribution in [0.1, 0.15) is 6.92 Å². The molecule has 1 saturated heterocycles. The number of rotatable bonds is 3. The fourth-order valence-electron chi connectivity index (χ4n) is 1.12. The van der Waals surface area contributed by atoms with E-state index < -0.39 is 0 Å². The van der Waals surface area contributed by atoms with Crippen LogP contribution in [0.15, 0.2) is 0 Å². The molecule has 13 heavy (non-hydrogen) atoms. The van der Waals surface area contributed by atoms with Gasteiger partial charge in [0.05, 0.1) is 12.6 Å². The normalized spacial score (nSPS) is 25.2. The van der Waals surface area contributed by atoms with Crippen molar-refractivity contribution in [3.05, 3.63) is 0 Å². The van der Waals surface area contributed by atoms with E-state index in [9.17, 15) is 4.79 Å². The zero-order valence-corrected chi connectivity index (χ0v) is 8.56. The van der Waals surface area contributed by atoms with Crippen LogP contribution in [-0.2, 0) is 4.79 Å². The van der Waals surface area contributed by atoms with Gasteiger partial charge in [-0.05, 0) is 6.92 Å². The first-order chi connectivity index (χ1) is 6.24. The van der Waals surface area contributed by atoms with E-state index in [1.54, 1.807) is 18.7 Å². The third-order valence-electron chi connectivity index (χ3n) is 1.90. The average Bonchev–Trinajstić information content (AvgIpc) is 2.19. The Labute approximate surface area is 82.5 Å². The molecule has 1 fully saturated rings. The third kappa shape index (κ3) is 3.54. The first-order valence-electron chi connectivity index (χ1n) is 4.46. The predicted molar refractivity (Wildman–Crippen MR) is 53.8 cm³/mol. The molecule has 0 aromatic rings. The molecular formula is C8H16N2O2S. The summed E-state index contributed by atoms with van der Waals surface area (Å²) in [6, 6.07) is -0.242. The summed E-state index contributed by atoms with van der Waals surface area (Å²) in [5.41, 5.74) is 0. The highest BCUT2D eigenvalue weighted by atomic mass is 32.2. The molecule has 4 nitrogen and oxygen atoms in total. The van der Waals surface area contributed by atoms with E-state index >= 15 is 0 Å². The van der Waals surface area contributed by atoms with Crippen LogP contribution in [0.4, 0.5) is 0 Å². The van der Waals surface area contributed by atoms with Crippen LogP contribution in [0.25, 0.3) is 0 Å². The smallest absolute Gasteiger partial charge is 0.238 e. The Morgan fingerprint density at radius 2 is 2.62 bits per heavy atom. The Bertz CT molecular complexity index is 172. The molecule has 1 heterocycles.